The largest absolute Gasteiger partial charge is 0.491 e. The fourth-order valence-electron chi connectivity index (χ4n) is 1.67. The van der Waals surface area contributed by atoms with Gasteiger partial charge < -0.3 is 14.6 Å². The van der Waals surface area contributed by atoms with Gasteiger partial charge in [-0.25, -0.2) is 0 Å². The molecule has 0 unspecified atom stereocenters. The van der Waals surface area contributed by atoms with Crippen molar-refractivity contribution in [2.24, 2.45) is 0 Å². The van der Waals surface area contributed by atoms with Gasteiger partial charge in [0.1, 0.15) is 12.4 Å². The van der Waals surface area contributed by atoms with Crippen LogP contribution >= 0.6 is 15.9 Å². The Bertz CT molecular complexity index is 513. The zero-order valence-electron chi connectivity index (χ0n) is 9.93. The fraction of sp³-hybridized carbons (Fsp3) is 0.286. The third kappa shape index (κ3) is 3.70. The predicted octanol–water partition coefficient (Wildman–Crippen LogP) is 2.99. The molecule has 3 nitrogen and oxygen atoms in total. The molecule has 0 aliphatic rings. The van der Waals surface area contributed by atoms with Gasteiger partial charge in [0.15, 0.2) is 0 Å². The van der Waals surface area contributed by atoms with Gasteiger partial charge >= 0.3 is 0 Å². The lowest BCUT2D eigenvalue weighted by molar-refractivity contribution is 0.0705. The summed E-state index contributed by atoms with van der Waals surface area (Å²) < 4.78 is 11.8. The minimum Gasteiger partial charge on any atom is -0.491 e. The van der Waals surface area contributed by atoms with Gasteiger partial charge in [-0.15, -0.1) is 0 Å². The number of hydrogen-bond acceptors (Lipinski definition) is 3. The first-order chi connectivity index (χ1) is 8.79. The van der Waals surface area contributed by atoms with Crippen LogP contribution in [0.5, 0.6) is 5.75 Å². The summed E-state index contributed by atoms with van der Waals surface area (Å²) in [5, 5.41) is 10.9. The van der Waals surface area contributed by atoms with Crippen LogP contribution in [0, 0.1) is 0 Å². The molecule has 0 saturated carbocycles. The van der Waals surface area contributed by atoms with E-state index in [1.165, 1.54) is 5.39 Å². The van der Waals surface area contributed by atoms with Crippen molar-refractivity contribution < 1.29 is 14.6 Å². The van der Waals surface area contributed by atoms with Crippen LogP contribution in [0.1, 0.15) is 0 Å². The van der Waals surface area contributed by atoms with Crippen molar-refractivity contribution in [3.63, 3.8) is 0 Å². The molecule has 2 aromatic rings. The molecule has 0 saturated heterocycles. The Balaban J connectivity index is 1.95. The third-order valence-electron chi connectivity index (χ3n) is 2.51. The quantitative estimate of drug-likeness (QED) is 0.834. The van der Waals surface area contributed by atoms with Gasteiger partial charge in [-0.05, 0) is 35.0 Å². The van der Waals surface area contributed by atoms with Crippen molar-refractivity contribution in [2.75, 3.05) is 26.4 Å². The molecule has 0 bridgehead atoms. The summed E-state index contributed by atoms with van der Waals surface area (Å²) in [6.07, 6.45) is 0. The second-order valence-corrected chi connectivity index (χ2v) is 4.75. The summed E-state index contributed by atoms with van der Waals surface area (Å²) in [6, 6.07) is 12.1. The van der Waals surface area contributed by atoms with E-state index < -0.39 is 0 Å². The standard InChI is InChI=1S/C14H15BrO3/c15-13-3-1-12-10-14(4-2-11(12)9-13)18-8-7-17-6-5-16/h1-4,9-10,16H,5-8H2. The molecule has 0 fully saturated rings. The Kier molecular flexibility index (Phi) is 4.99. The number of ether oxygens (including phenoxy) is 2. The van der Waals surface area contributed by atoms with Crippen molar-refractivity contribution in [2.45, 2.75) is 0 Å². The molecule has 0 aromatic heterocycles. The molecule has 0 atom stereocenters. The Morgan fingerprint density at radius 1 is 0.944 bits per heavy atom. The Labute approximate surface area is 114 Å². The number of aliphatic hydroxyl groups is 1. The molecule has 0 spiro atoms. The van der Waals surface area contributed by atoms with E-state index in [0.717, 1.165) is 15.6 Å². The predicted molar refractivity (Wildman–Crippen MR) is 75.0 cm³/mol. The summed E-state index contributed by atoms with van der Waals surface area (Å²) in [5.74, 6) is 0.831. The molecule has 0 radical (unpaired) electrons. The van der Waals surface area contributed by atoms with E-state index in [-0.39, 0.29) is 6.61 Å². The highest BCUT2D eigenvalue weighted by molar-refractivity contribution is 9.10. The highest BCUT2D eigenvalue weighted by Crippen LogP contribution is 2.23. The van der Waals surface area contributed by atoms with Crippen LogP contribution in [0.3, 0.4) is 0 Å². The van der Waals surface area contributed by atoms with E-state index in [4.69, 9.17) is 14.6 Å². The molecule has 18 heavy (non-hydrogen) atoms. The summed E-state index contributed by atoms with van der Waals surface area (Å²) in [7, 11) is 0. The minimum atomic E-state index is 0.0465. The van der Waals surface area contributed by atoms with Crippen LogP contribution in [0.2, 0.25) is 0 Å². The lowest BCUT2D eigenvalue weighted by Gasteiger charge is -2.07. The summed E-state index contributed by atoms with van der Waals surface area (Å²) in [5.41, 5.74) is 0. The molecule has 0 aliphatic carbocycles. The first-order valence-electron chi connectivity index (χ1n) is 5.80. The lowest BCUT2D eigenvalue weighted by Crippen LogP contribution is -2.09. The van der Waals surface area contributed by atoms with Gasteiger partial charge in [0.25, 0.3) is 0 Å². The molecule has 1 N–H and O–H groups in total. The SMILES string of the molecule is OCCOCCOc1ccc2cc(Br)ccc2c1. The Morgan fingerprint density at radius 3 is 2.56 bits per heavy atom. The van der Waals surface area contributed by atoms with Crippen molar-refractivity contribution in [3.8, 4) is 5.75 Å². The number of aliphatic hydroxyl groups excluding tert-OH is 1. The lowest BCUT2D eigenvalue weighted by atomic mass is 10.1. The second kappa shape index (κ2) is 6.73. The van der Waals surface area contributed by atoms with Crippen LogP contribution < -0.4 is 4.74 Å². The maximum atomic E-state index is 8.55. The van der Waals surface area contributed by atoms with E-state index in [2.05, 4.69) is 28.1 Å². The number of halogens is 1. The average molecular weight is 311 g/mol. The van der Waals surface area contributed by atoms with Gasteiger partial charge in [0.2, 0.25) is 0 Å². The molecule has 0 heterocycles. The van der Waals surface area contributed by atoms with Crippen LogP contribution in [0.4, 0.5) is 0 Å². The monoisotopic (exact) mass is 310 g/mol. The van der Waals surface area contributed by atoms with Gasteiger partial charge in [-0.3, -0.25) is 0 Å². The number of benzene rings is 2. The minimum absolute atomic E-state index is 0.0465. The molecule has 2 rings (SSSR count). The van der Waals surface area contributed by atoms with Crippen LogP contribution in [0.15, 0.2) is 40.9 Å². The van der Waals surface area contributed by atoms with Crippen LogP contribution in [-0.4, -0.2) is 31.5 Å². The van der Waals surface area contributed by atoms with E-state index >= 15 is 0 Å². The molecule has 0 amide bonds. The van der Waals surface area contributed by atoms with E-state index in [9.17, 15) is 0 Å². The number of hydrogen-bond donors (Lipinski definition) is 1. The van der Waals surface area contributed by atoms with Gasteiger partial charge in [0, 0.05) is 4.47 Å². The van der Waals surface area contributed by atoms with Gasteiger partial charge in [-0.2, -0.15) is 0 Å². The van der Waals surface area contributed by atoms with Crippen LogP contribution in [-0.2, 0) is 4.74 Å². The summed E-state index contributed by atoms with van der Waals surface area (Å²) >= 11 is 3.45. The van der Waals surface area contributed by atoms with Crippen LogP contribution in [0.25, 0.3) is 10.8 Å². The normalized spacial score (nSPS) is 10.8. The topological polar surface area (TPSA) is 38.7 Å². The fourth-order valence-corrected chi connectivity index (χ4v) is 2.05. The zero-order chi connectivity index (χ0) is 12.8. The molecule has 0 aliphatic heterocycles. The van der Waals surface area contributed by atoms with Crippen molar-refractivity contribution >= 4 is 26.7 Å². The van der Waals surface area contributed by atoms with E-state index in [0.29, 0.717) is 19.8 Å². The summed E-state index contributed by atoms with van der Waals surface area (Å²) in [4.78, 5) is 0. The third-order valence-corrected chi connectivity index (χ3v) is 3.00. The summed E-state index contributed by atoms with van der Waals surface area (Å²) in [6.45, 7) is 1.38. The molecular weight excluding hydrogens is 296 g/mol. The van der Waals surface area contributed by atoms with E-state index in [1.807, 2.05) is 24.3 Å². The maximum Gasteiger partial charge on any atom is 0.120 e. The molecule has 96 valence electrons. The smallest absolute Gasteiger partial charge is 0.120 e. The molecule has 4 heteroatoms. The first kappa shape index (κ1) is 13.3. The van der Waals surface area contributed by atoms with Crippen molar-refractivity contribution in [1.82, 2.24) is 0 Å². The zero-order valence-corrected chi connectivity index (χ0v) is 11.5. The number of rotatable bonds is 6. The highest BCUT2D eigenvalue weighted by atomic mass is 79.9. The van der Waals surface area contributed by atoms with E-state index in [1.54, 1.807) is 0 Å². The highest BCUT2D eigenvalue weighted by Gasteiger charge is 1.98. The van der Waals surface area contributed by atoms with Crippen molar-refractivity contribution in [1.29, 1.82) is 0 Å². The molecular formula is C14H15BrO3. The Morgan fingerprint density at radius 2 is 1.72 bits per heavy atom. The second-order valence-electron chi connectivity index (χ2n) is 3.84. The van der Waals surface area contributed by atoms with Gasteiger partial charge in [0.05, 0.1) is 19.8 Å². The molecule has 2 aromatic carbocycles. The Hall–Kier alpha value is -1.10. The average Bonchev–Trinajstić information content (AvgIpc) is 2.38. The maximum absolute atomic E-state index is 8.55. The first-order valence-corrected chi connectivity index (χ1v) is 6.59. The van der Waals surface area contributed by atoms with Gasteiger partial charge in [-0.1, -0.05) is 28.1 Å². The number of fused-ring (bicyclic) bond motifs is 1. The van der Waals surface area contributed by atoms with Crippen molar-refractivity contribution in [3.05, 3.63) is 40.9 Å².